The van der Waals surface area contributed by atoms with E-state index in [1.54, 1.807) is 5.38 Å². The Morgan fingerprint density at radius 1 is 1.29 bits per heavy atom. The van der Waals surface area contributed by atoms with Crippen molar-refractivity contribution in [1.82, 2.24) is 5.32 Å². The van der Waals surface area contributed by atoms with Gasteiger partial charge in [-0.25, -0.2) is 4.79 Å². The zero-order chi connectivity index (χ0) is 17.2. The Hall–Kier alpha value is -2.18. The van der Waals surface area contributed by atoms with Gasteiger partial charge in [-0.05, 0) is 30.4 Å². The number of carbonyl (C=O) groups excluding carboxylic acids is 1. The first-order valence-corrected chi connectivity index (χ1v) is 8.69. The highest BCUT2D eigenvalue weighted by Gasteiger charge is 2.47. The second-order valence-corrected chi connectivity index (χ2v) is 7.12. The Labute approximate surface area is 144 Å². The number of hydrogen-bond donors (Lipinski definition) is 3. The van der Waals surface area contributed by atoms with Gasteiger partial charge in [0.25, 0.3) is 5.91 Å². The first-order valence-electron chi connectivity index (χ1n) is 7.81. The van der Waals surface area contributed by atoms with Crippen LogP contribution >= 0.6 is 11.3 Å². The Morgan fingerprint density at radius 2 is 2.04 bits per heavy atom. The summed E-state index contributed by atoms with van der Waals surface area (Å²) in [5, 5.41) is 23.2. The van der Waals surface area contributed by atoms with Crippen LogP contribution in [0.1, 0.15) is 44.4 Å². The van der Waals surface area contributed by atoms with Crippen LogP contribution in [0.15, 0.2) is 41.8 Å². The summed E-state index contributed by atoms with van der Waals surface area (Å²) >= 11 is 1.03. The highest BCUT2D eigenvalue weighted by atomic mass is 32.1. The fraction of sp³-hybridized carbons (Fsp3) is 0.333. The van der Waals surface area contributed by atoms with Crippen LogP contribution in [0.5, 0.6) is 0 Å². The molecule has 2 aromatic rings. The molecule has 0 spiro atoms. The summed E-state index contributed by atoms with van der Waals surface area (Å²) < 4.78 is 0. The molecule has 0 unspecified atom stereocenters. The molecule has 1 saturated carbocycles. The first kappa shape index (κ1) is 16.7. The summed E-state index contributed by atoms with van der Waals surface area (Å²) in [6.07, 6.45) is 1.84. The summed E-state index contributed by atoms with van der Waals surface area (Å²) in [4.78, 5) is 23.3. The lowest BCUT2D eigenvalue weighted by Crippen LogP contribution is -2.50. The maximum atomic E-state index is 12.2. The molecule has 126 valence electrons. The van der Waals surface area contributed by atoms with Gasteiger partial charge in [0, 0.05) is 17.3 Å². The van der Waals surface area contributed by atoms with Gasteiger partial charge in [0.05, 0.1) is 12.2 Å². The van der Waals surface area contributed by atoms with Crippen molar-refractivity contribution in [3.8, 4) is 0 Å². The van der Waals surface area contributed by atoms with Crippen molar-refractivity contribution in [2.75, 3.05) is 13.2 Å². The van der Waals surface area contributed by atoms with E-state index in [1.807, 2.05) is 30.3 Å². The molecule has 1 heterocycles. The van der Waals surface area contributed by atoms with Gasteiger partial charge in [-0.3, -0.25) is 4.79 Å². The fourth-order valence-corrected chi connectivity index (χ4v) is 4.01. The van der Waals surface area contributed by atoms with Gasteiger partial charge in [0.1, 0.15) is 4.88 Å². The number of carboxylic acids is 1. The summed E-state index contributed by atoms with van der Waals surface area (Å²) in [5.74, 6) is -1.11. The van der Waals surface area contributed by atoms with Crippen molar-refractivity contribution < 1.29 is 19.8 Å². The third-order valence-electron chi connectivity index (χ3n) is 4.86. The molecule has 5 nitrogen and oxygen atoms in total. The molecule has 1 aliphatic carbocycles. The van der Waals surface area contributed by atoms with Crippen molar-refractivity contribution >= 4 is 23.2 Å². The van der Waals surface area contributed by atoms with Crippen LogP contribution in [0.3, 0.4) is 0 Å². The van der Waals surface area contributed by atoms with Crippen molar-refractivity contribution in [2.24, 2.45) is 5.41 Å². The zero-order valence-electron chi connectivity index (χ0n) is 13.1. The van der Waals surface area contributed by atoms with E-state index >= 15 is 0 Å². The second kappa shape index (κ2) is 6.75. The lowest BCUT2D eigenvalue weighted by Gasteiger charge is -2.49. The molecule has 1 aromatic heterocycles. The van der Waals surface area contributed by atoms with Crippen LogP contribution in [0.4, 0.5) is 0 Å². The van der Waals surface area contributed by atoms with Gasteiger partial charge in [0.2, 0.25) is 0 Å². The maximum Gasteiger partial charge on any atom is 0.345 e. The van der Waals surface area contributed by atoms with Gasteiger partial charge in [-0.2, -0.15) is 0 Å². The van der Waals surface area contributed by atoms with E-state index in [4.69, 9.17) is 5.11 Å². The molecule has 24 heavy (non-hydrogen) atoms. The molecule has 1 fully saturated rings. The monoisotopic (exact) mass is 345 g/mol. The Bertz CT molecular complexity index is 738. The number of carbonyl (C=O) groups is 2. The molecule has 0 bridgehead atoms. The largest absolute Gasteiger partial charge is 0.477 e. The molecule has 1 amide bonds. The quantitative estimate of drug-likeness (QED) is 0.751. The number of carboxylic acid groups (broad SMARTS) is 1. The number of amides is 1. The third kappa shape index (κ3) is 3.07. The van der Waals surface area contributed by atoms with E-state index in [1.165, 1.54) is 11.6 Å². The lowest BCUT2D eigenvalue weighted by atomic mass is 9.58. The Kier molecular flexibility index (Phi) is 4.69. The summed E-state index contributed by atoms with van der Waals surface area (Å²) in [6.45, 7) is 0.386. The maximum absolute atomic E-state index is 12.2. The molecule has 0 saturated heterocycles. The normalized spacial score (nSPS) is 22.6. The smallest absolute Gasteiger partial charge is 0.345 e. The number of aliphatic hydroxyl groups is 1. The number of rotatable bonds is 6. The van der Waals surface area contributed by atoms with Crippen LogP contribution in [0.2, 0.25) is 0 Å². The topological polar surface area (TPSA) is 86.6 Å². The average Bonchev–Trinajstić information content (AvgIpc) is 3.06. The number of aliphatic hydroxyl groups excluding tert-OH is 1. The summed E-state index contributed by atoms with van der Waals surface area (Å²) in [5.41, 5.74) is 1.18. The molecule has 0 radical (unpaired) electrons. The van der Waals surface area contributed by atoms with Crippen molar-refractivity contribution in [2.45, 2.75) is 18.8 Å². The number of benzene rings is 1. The van der Waals surface area contributed by atoms with Crippen LogP contribution in [-0.4, -0.2) is 35.2 Å². The van der Waals surface area contributed by atoms with Crippen LogP contribution in [0, 0.1) is 5.41 Å². The molecule has 6 heteroatoms. The standard InChI is InChI=1S/C18H19NO4S/c20-11-18(7-6-14(18)12-4-2-1-3-5-12)10-19-16(21)13-8-15(17(22)23)24-9-13/h1-5,8-9,14,20H,6-7,10-11H2,(H,19,21)(H,22,23)/t14-,18-/m0/s1. The molecule has 1 aliphatic rings. The van der Waals surface area contributed by atoms with Gasteiger partial charge in [-0.1, -0.05) is 30.3 Å². The summed E-state index contributed by atoms with van der Waals surface area (Å²) in [7, 11) is 0. The van der Waals surface area contributed by atoms with Crippen LogP contribution in [-0.2, 0) is 0 Å². The zero-order valence-corrected chi connectivity index (χ0v) is 13.9. The van der Waals surface area contributed by atoms with E-state index in [-0.39, 0.29) is 28.7 Å². The molecular weight excluding hydrogens is 326 g/mol. The van der Waals surface area contributed by atoms with Gasteiger partial charge < -0.3 is 15.5 Å². The summed E-state index contributed by atoms with van der Waals surface area (Å²) in [6, 6.07) is 11.4. The minimum atomic E-state index is -1.03. The second-order valence-electron chi connectivity index (χ2n) is 6.21. The molecular formula is C18H19NO4S. The van der Waals surface area contributed by atoms with Crippen molar-refractivity contribution in [1.29, 1.82) is 0 Å². The molecule has 0 aliphatic heterocycles. The average molecular weight is 345 g/mol. The first-order chi connectivity index (χ1) is 11.6. The minimum absolute atomic E-state index is 0.0108. The SMILES string of the molecule is O=C(NC[C@]1(CO)CC[C@H]1c1ccccc1)c1csc(C(=O)O)c1. The highest BCUT2D eigenvalue weighted by molar-refractivity contribution is 7.12. The number of aromatic carboxylic acids is 1. The predicted octanol–water partition coefficient (Wildman–Crippen LogP) is 2.73. The van der Waals surface area contributed by atoms with E-state index in [0.29, 0.717) is 12.1 Å². The van der Waals surface area contributed by atoms with Gasteiger partial charge in [0.15, 0.2) is 0 Å². The predicted molar refractivity (Wildman–Crippen MR) is 91.5 cm³/mol. The number of thiophene rings is 1. The third-order valence-corrected chi connectivity index (χ3v) is 5.78. The Morgan fingerprint density at radius 3 is 2.58 bits per heavy atom. The van der Waals surface area contributed by atoms with E-state index in [9.17, 15) is 14.7 Å². The van der Waals surface area contributed by atoms with E-state index < -0.39 is 5.97 Å². The molecule has 3 rings (SSSR count). The molecule has 1 aromatic carbocycles. The van der Waals surface area contributed by atoms with Crippen LogP contribution in [0.25, 0.3) is 0 Å². The number of nitrogens with one attached hydrogen (secondary N) is 1. The molecule has 2 atom stereocenters. The fourth-order valence-electron chi connectivity index (χ4n) is 3.29. The Balaban J connectivity index is 1.67. The molecule has 3 N–H and O–H groups in total. The van der Waals surface area contributed by atoms with Gasteiger partial charge >= 0.3 is 5.97 Å². The van der Waals surface area contributed by atoms with Gasteiger partial charge in [-0.15, -0.1) is 11.3 Å². The van der Waals surface area contributed by atoms with E-state index in [0.717, 1.165) is 24.2 Å². The van der Waals surface area contributed by atoms with Crippen LogP contribution < -0.4 is 5.32 Å². The van der Waals surface area contributed by atoms with Crippen molar-refractivity contribution in [3.05, 3.63) is 57.8 Å². The number of hydrogen-bond acceptors (Lipinski definition) is 4. The minimum Gasteiger partial charge on any atom is -0.477 e. The van der Waals surface area contributed by atoms with E-state index in [2.05, 4.69) is 5.32 Å². The lowest BCUT2D eigenvalue weighted by molar-refractivity contribution is 0.0165. The highest BCUT2D eigenvalue weighted by Crippen LogP contribution is 2.52. The van der Waals surface area contributed by atoms with Crippen molar-refractivity contribution in [3.63, 3.8) is 0 Å².